The molecule has 0 atom stereocenters. The van der Waals surface area contributed by atoms with Crippen LogP contribution in [0.4, 0.5) is 0 Å². The number of allylic oxidation sites excluding steroid dienone is 1. The molecule has 0 heterocycles. The summed E-state index contributed by atoms with van der Waals surface area (Å²) in [6, 6.07) is 0. The summed E-state index contributed by atoms with van der Waals surface area (Å²) in [4.78, 5) is 10.8. The zero-order valence-corrected chi connectivity index (χ0v) is 6.74. The van der Waals surface area contributed by atoms with E-state index in [1.165, 1.54) is 0 Å². The van der Waals surface area contributed by atoms with E-state index < -0.39 is 0 Å². The number of Topliss-reactive ketones (excluding diaryl/α,β-unsaturated/α-hetero) is 1. The molecule has 0 rings (SSSR count). The van der Waals surface area contributed by atoms with Crippen molar-refractivity contribution in [3.8, 4) is 0 Å². The highest BCUT2D eigenvalue weighted by molar-refractivity contribution is 5.80. The highest BCUT2D eigenvalue weighted by Crippen LogP contribution is 1.88. The number of carbonyl (C=O) groups excluding carboxylic acids is 1. The molecule has 0 radical (unpaired) electrons. The predicted molar refractivity (Wildman–Crippen MR) is 42.7 cm³/mol. The maximum atomic E-state index is 10.8. The Kier molecular flexibility index (Phi) is 4.63. The van der Waals surface area contributed by atoms with Gasteiger partial charge in [-0.3, -0.25) is 4.79 Å². The Morgan fingerprint density at radius 1 is 1.60 bits per heavy atom. The standard InChI is InChI=1S/C8H15NO/c1-4-5-8(10)6-9-7(2)3/h9H,2,4-6H2,1,3H3. The molecule has 0 aliphatic rings. The lowest BCUT2D eigenvalue weighted by Gasteiger charge is -2.01. The van der Waals surface area contributed by atoms with Crippen molar-refractivity contribution in [1.29, 1.82) is 0 Å². The van der Waals surface area contributed by atoms with Gasteiger partial charge in [-0.05, 0) is 13.3 Å². The number of hydrogen-bond acceptors (Lipinski definition) is 2. The van der Waals surface area contributed by atoms with Crippen molar-refractivity contribution < 1.29 is 4.79 Å². The molecule has 0 saturated carbocycles. The van der Waals surface area contributed by atoms with Gasteiger partial charge in [0.05, 0.1) is 6.54 Å². The summed E-state index contributed by atoms with van der Waals surface area (Å²) in [5.74, 6) is 0.255. The van der Waals surface area contributed by atoms with Crippen LogP contribution in [-0.2, 0) is 4.79 Å². The van der Waals surface area contributed by atoms with Gasteiger partial charge >= 0.3 is 0 Å². The first-order valence-corrected chi connectivity index (χ1v) is 3.58. The largest absolute Gasteiger partial charge is 0.382 e. The van der Waals surface area contributed by atoms with E-state index in [1.54, 1.807) is 0 Å². The molecular weight excluding hydrogens is 126 g/mol. The van der Waals surface area contributed by atoms with Crippen molar-refractivity contribution in [1.82, 2.24) is 5.32 Å². The van der Waals surface area contributed by atoms with Gasteiger partial charge in [0, 0.05) is 12.1 Å². The summed E-state index contributed by atoms with van der Waals surface area (Å²) >= 11 is 0. The molecule has 0 spiro atoms. The third kappa shape index (κ3) is 5.35. The van der Waals surface area contributed by atoms with Crippen LogP contribution in [-0.4, -0.2) is 12.3 Å². The molecule has 58 valence electrons. The smallest absolute Gasteiger partial charge is 0.151 e. The van der Waals surface area contributed by atoms with Crippen molar-refractivity contribution in [3.05, 3.63) is 12.3 Å². The van der Waals surface area contributed by atoms with Crippen LogP contribution in [0.3, 0.4) is 0 Å². The molecule has 0 amide bonds. The molecule has 0 aromatic carbocycles. The quantitative estimate of drug-likeness (QED) is 0.628. The first-order valence-electron chi connectivity index (χ1n) is 3.58. The molecule has 1 N–H and O–H groups in total. The lowest BCUT2D eigenvalue weighted by Crippen LogP contribution is -2.20. The van der Waals surface area contributed by atoms with Crippen molar-refractivity contribution in [2.45, 2.75) is 26.7 Å². The highest BCUT2D eigenvalue weighted by Gasteiger charge is 1.97. The summed E-state index contributed by atoms with van der Waals surface area (Å²) in [5, 5.41) is 2.89. The molecule has 0 aromatic rings. The Hall–Kier alpha value is -0.790. The summed E-state index contributed by atoms with van der Waals surface area (Å²) in [6.07, 6.45) is 1.59. The monoisotopic (exact) mass is 141 g/mol. The van der Waals surface area contributed by atoms with Gasteiger partial charge in [-0.2, -0.15) is 0 Å². The van der Waals surface area contributed by atoms with Crippen LogP contribution in [0.1, 0.15) is 26.7 Å². The Morgan fingerprint density at radius 3 is 2.60 bits per heavy atom. The van der Waals surface area contributed by atoms with Crippen LogP contribution in [0, 0.1) is 0 Å². The second-order valence-electron chi connectivity index (χ2n) is 2.42. The van der Waals surface area contributed by atoms with Crippen LogP contribution in [0.5, 0.6) is 0 Å². The van der Waals surface area contributed by atoms with Gasteiger partial charge < -0.3 is 5.32 Å². The molecule has 0 aliphatic heterocycles. The SMILES string of the molecule is C=C(C)NCC(=O)CCC. The fourth-order valence-corrected chi connectivity index (χ4v) is 0.617. The van der Waals surface area contributed by atoms with E-state index in [4.69, 9.17) is 0 Å². The third-order valence-electron chi connectivity index (χ3n) is 1.12. The Balaban J connectivity index is 3.30. The summed E-state index contributed by atoms with van der Waals surface area (Å²) in [5.41, 5.74) is 0.851. The lowest BCUT2D eigenvalue weighted by molar-refractivity contribution is -0.118. The first-order chi connectivity index (χ1) is 4.66. The highest BCUT2D eigenvalue weighted by atomic mass is 16.1. The fraction of sp³-hybridized carbons (Fsp3) is 0.625. The fourth-order valence-electron chi connectivity index (χ4n) is 0.617. The van der Waals surface area contributed by atoms with Gasteiger partial charge in [0.25, 0.3) is 0 Å². The van der Waals surface area contributed by atoms with E-state index in [0.29, 0.717) is 13.0 Å². The number of hydrogen-bond donors (Lipinski definition) is 1. The molecule has 0 aliphatic carbocycles. The van der Waals surface area contributed by atoms with Gasteiger partial charge in [0.1, 0.15) is 0 Å². The Labute approximate surface area is 62.3 Å². The van der Waals surface area contributed by atoms with E-state index in [-0.39, 0.29) is 5.78 Å². The molecule has 10 heavy (non-hydrogen) atoms. The third-order valence-corrected chi connectivity index (χ3v) is 1.12. The van der Waals surface area contributed by atoms with E-state index in [2.05, 4.69) is 11.9 Å². The van der Waals surface area contributed by atoms with Gasteiger partial charge in [-0.1, -0.05) is 13.5 Å². The lowest BCUT2D eigenvalue weighted by atomic mass is 10.2. The van der Waals surface area contributed by atoms with Gasteiger partial charge in [0.15, 0.2) is 5.78 Å². The average Bonchev–Trinajstić information content (AvgIpc) is 1.85. The summed E-state index contributed by atoms with van der Waals surface area (Å²) in [6.45, 7) is 7.90. The second kappa shape index (κ2) is 5.03. The van der Waals surface area contributed by atoms with Gasteiger partial charge in [-0.15, -0.1) is 0 Å². The zero-order chi connectivity index (χ0) is 7.98. The van der Waals surface area contributed by atoms with E-state index >= 15 is 0 Å². The van der Waals surface area contributed by atoms with Crippen molar-refractivity contribution in [2.75, 3.05) is 6.54 Å². The van der Waals surface area contributed by atoms with Crippen molar-refractivity contribution >= 4 is 5.78 Å². The minimum absolute atomic E-state index is 0.255. The maximum absolute atomic E-state index is 10.8. The minimum Gasteiger partial charge on any atom is -0.382 e. The Morgan fingerprint density at radius 2 is 2.20 bits per heavy atom. The maximum Gasteiger partial charge on any atom is 0.151 e. The second-order valence-corrected chi connectivity index (χ2v) is 2.42. The number of rotatable bonds is 5. The summed E-state index contributed by atoms with van der Waals surface area (Å²) < 4.78 is 0. The predicted octanol–water partition coefficient (Wildman–Crippen LogP) is 1.48. The molecule has 0 bridgehead atoms. The van der Waals surface area contributed by atoms with Crippen LogP contribution in [0.15, 0.2) is 12.3 Å². The molecule has 0 saturated heterocycles. The molecule has 0 unspecified atom stereocenters. The van der Waals surface area contributed by atoms with Crippen LogP contribution in [0.25, 0.3) is 0 Å². The van der Waals surface area contributed by atoms with E-state index in [0.717, 1.165) is 12.1 Å². The average molecular weight is 141 g/mol. The topological polar surface area (TPSA) is 29.1 Å². The van der Waals surface area contributed by atoms with Crippen LogP contribution in [0.2, 0.25) is 0 Å². The molecular formula is C8H15NO. The van der Waals surface area contributed by atoms with Crippen molar-refractivity contribution in [2.24, 2.45) is 0 Å². The molecule has 0 fully saturated rings. The molecule has 0 aromatic heterocycles. The molecule has 2 heteroatoms. The Bertz CT molecular complexity index is 129. The van der Waals surface area contributed by atoms with E-state index in [1.807, 2.05) is 13.8 Å². The van der Waals surface area contributed by atoms with Crippen molar-refractivity contribution in [3.63, 3.8) is 0 Å². The normalized spacial score (nSPS) is 9.00. The van der Waals surface area contributed by atoms with E-state index in [9.17, 15) is 4.79 Å². The minimum atomic E-state index is 0.255. The zero-order valence-electron chi connectivity index (χ0n) is 6.74. The van der Waals surface area contributed by atoms with Gasteiger partial charge in [0.2, 0.25) is 0 Å². The van der Waals surface area contributed by atoms with Crippen LogP contribution < -0.4 is 5.32 Å². The number of carbonyl (C=O) groups is 1. The number of nitrogens with one attached hydrogen (secondary N) is 1. The van der Waals surface area contributed by atoms with Crippen LogP contribution >= 0.6 is 0 Å². The summed E-state index contributed by atoms with van der Waals surface area (Å²) in [7, 11) is 0. The molecule has 2 nitrogen and oxygen atoms in total. The van der Waals surface area contributed by atoms with Gasteiger partial charge in [-0.25, -0.2) is 0 Å². The first kappa shape index (κ1) is 9.21. The number of ketones is 1.